The summed E-state index contributed by atoms with van der Waals surface area (Å²) >= 11 is 3.62. The summed E-state index contributed by atoms with van der Waals surface area (Å²) in [6, 6.07) is 0.405. The van der Waals surface area contributed by atoms with Crippen molar-refractivity contribution in [2.24, 2.45) is 0 Å². The van der Waals surface area contributed by atoms with Gasteiger partial charge in [0.15, 0.2) is 0 Å². The molecule has 0 aromatic heterocycles. The molecule has 0 saturated heterocycles. The molecule has 0 bridgehead atoms. The molecule has 96 valence electrons. The largest absolute Gasteiger partial charge is 0.389 e. The van der Waals surface area contributed by atoms with Crippen molar-refractivity contribution in [3.05, 3.63) is 0 Å². The molecular formula is C11H19BrF3N. The Kier molecular flexibility index (Phi) is 5.57. The van der Waals surface area contributed by atoms with Crippen LogP contribution in [-0.2, 0) is 0 Å². The Morgan fingerprint density at radius 2 is 1.88 bits per heavy atom. The van der Waals surface area contributed by atoms with Crippen molar-refractivity contribution in [2.75, 3.05) is 13.6 Å². The second kappa shape index (κ2) is 6.24. The summed E-state index contributed by atoms with van der Waals surface area (Å²) in [5.41, 5.74) is 0. The van der Waals surface area contributed by atoms with Gasteiger partial charge in [-0.1, -0.05) is 28.8 Å². The Morgan fingerprint density at radius 3 is 2.44 bits per heavy atom. The molecule has 0 aromatic carbocycles. The lowest BCUT2D eigenvalue weighted by Crippen LogP contribution is -2.41. The minimum atomic E-state index is -4.01. The van der Waals surface area contributed by atoms with Gasteiger partial charge in [0.05, 0.1) is 0 Å². The van der Waals surface area contributed by atoms with Crippen LogP contribution in [0.3, 0.4) is 0 Å². The highest BCUT2D eigenvalue weighted by molar-refractivity contribution is 9.09. The van der Waals surface area contributed by atoms with E-state index < -0.39 is 12.6 Å². The molecule has 16 heavy (non-hydrogen) atoms. The summed E-state index contributed by atoms with van der Waals surface area (Å²) in [4.78, 5) is 2.52. The van der Waals surface area contributed by atoms with Gasteiger partial charge in [0, 0.05) is 17.3 Å². The maximum Gasteiger partial charge on any atom is 0.389 e. The Labute approximate surface area is 104 Å². The third-order valence-electron chi connectivity index (χ3n) is 3.18. The average molecular weight is 302 g/mol. The van der Waals surface area contributed by atoms with Gasteiger partial charge in [-0.15, -0.1) is 0 Å². The number of alkyl halides is 4. The highest BCUT2D eigenvalue weighted by Crippen LogP contribution is 2.28. The molecule has 0 N–H and O–H groups in total. The lowest BCUT2D eigenvalue weighted by atomic mass is 9.94. The lowest BCUT2D eigenvalue weighted by molar-refractivity contribution is -0.136. The van der Waals surface area contributed by atoms with Crippen LogP contribution in [0, 0.1) is 0 Å². The third kappa shape index (κ3) is 5.04. The molecule has 5 heteroatoms. The van der Waals surface area contributed by atoms with E-state index in [9.17, 15) is 13.2 Å². The molecule has 2 unspecified atom stereocenters. The first-order valence-electron chi connectivity index (χ1n) is 5.81. The zero-order chi connectivity index (χ0) is 12.2. The summed E-state index contributed by atoms with van der Waals surface area (Å²) in [7, 11) is 1.93. The SMILES string of the molecule is CN(CCCC(F)(F)F)C1CCCCC1Br. The van der Waals surface area contributed by atoms with Gasteiger partial charge >= 0.3 is 6.18 Å². The van der Waals surface area contributed by atoms with Gasteiger partial charge in [0.2, 0.25) is 0 Å². The molecule has 0 heterocycles. The van der Waals surface area contributed by atoms with Crippen LogP contribution in [0.2, 0.25) is 0 Å². The predicted molar refractivity (Wildman–Crippen MR) is 62.9 cm³/mol. The van der Waals surface area contributed by atoms with E-state index in [1.165, 1.54) is 12.8 Å². The van der Waals surface area contributed by atoms with E-state index in [4.69, 9.17) is 0 Å². The van der Waals surface area contributed by atoms with Crippen LogP contribution in [0.5, 0.6) is 0 Å². The van der Waals surface area contributed by atoms with Crippen LogP contribution in [0.1, 0.15) is 38.5 Å². The van der Waals surface area contributed by atoms with Gasteiger partial charge in [-0.25, -0.2) is 0 Å². The second-order valence-electron chi connectivity index (χ2n) is 4.57. The fraction of sp³-hybridized carbons (Fsp3) is 1.00. The van der Waals surface area contributed by atoms with Crippen molar-refractivity contribution in [1.82, 2.24) is 4.90 Å². The molecule has 0 aromatic rings. The smallest absolute Gasteiger partial charge is 0.302 e. The number of hydrogen-bond donors (Lipinski definition) is 0. The fourth-order valence-electron chi connectivity index (χ4n) is 2.26. The van der Waals surface area contributed by atoms with Gasteiger partial charge in [-0.3, -0.25) is 0 Å². The maximum atomic E-state index is 12.0. The topological polar surface area (TPSA) is 3.24 Å². The monoisotopic (exact) mass is 301 g/mol. The van der Waals surface area contributed by atoms with Crippen molar-refractivity contribution < 1.29 is 13.2 Å². The van der Waals surface area contributed by atoms with Crippen LogP contribution < -0.4 is 0 Å². The first-order chi connectivity index (χ1) is 7.40. The molecule has 1 fully saturated rings. The maximum absolute atomic E-state index is 12.0. The van der Waals surface area contributed by atoms with Crippen LogP contribution in [0.15, 0.2) is 0 Å². The van der Waals surface area contributed by atoms with Crippen LogP contribution in [-0.4, -0.2) is 35.5 Å². The Morgan fingerprint density at radius 1 is 1.25 bits per heavy atom. The minimum absolute atomic E-state index is 0.205. The molecule has 1 aliphatic carbocycles. The van der Waals surface area contributed by atoms with Gasteiger partial charge in [-0.2, -0.15) is 13.2 Å². The molecular weight excluding hydrogens is 283 g/mol. The highest BCUT2D eigenvalue weighted by atomic mass is 79.9. The molecule has 0 radical (unpaired) electrons. The van der Waals surface area contributed by atoms with Crippen molar-refractivity contribution >= 4 is 15.9 Å². The van der Waals surface area contributed by atoms with Crippen LogP contribution in [0.25, 0.3) is 0 Å². The van der Waals surface area contributed by atoms with Gasteiger partial charge < -0.3 is 4.90 Å². The molecule has 2 atom stereocenters. The summed E-state index contributed by atoms with van der Waals surface area (Å²) in [5.74, 6) is 0. The van der Waals surface area contributed by atoms with Crippen molar-refractivity contribution in [3.63, 3.8) is 0 Å². The Balaban J connectivity index is 2.25. The van der Waals surface area contributed by atoms with Crippen molar-refractivity contribution in [1.29, 1.82) is 0 Å². The first-order valence-corrected chi connectivity index (χ1v) is 6.73. The summed E-state index contributed by atoms with van der Waals surface area (Å²) in [6.07, 6.45) is 0.167. The third-order valence-corrected chi connectivity index (χ3v) is 4.25. The quantitative estimate of drug-likeness (QED) is 0.710. The van der Waals surface area contributed by atoms with E-state index in [1.807, 2.05) is 7.05 Å². The number of nitrogens with zero attached hydrogens (tertiary/aromatic N) is 1. The Hall–Kier alpha value is 0.230. The number of hydrogen-bond acceptors (Lipinski definition) is 1. The van der Waals surface area contributed by atoms with Gasteiger partial charge in [0.1, 0.15) is 0 Å². The van der Waals surface area contributed by atoms with E-state index in [1.54, 1.807) is 0 Å². The standard InChI is InChI=1S/C11H19BrF3N/c1-16(8-4-7-11(13,14)15)10-6-3-2-5-9(10)12/h9-10H,2-8H2,1H3. The summed E-state index contributed by atoms with van der Waals surface area (Å²) in [6.45, 7) is 0.534. The second-order valence-corrected chi connectivity index (χ2v) is 5.74. The molecule has 1 saturated carbocycles. The molecule has 1 nitrogen and oxygen atoms in total. The van der Waals surface area contributed by atoms with E-state index in [0.29, 0.717) is 17.4 Å². The number of rotatable bonds is 4. The zero-order valence-corrected chi connectivity index (χ0v) is 11.1. The molecule has 1 aliphatic rings. The summed E-state index contributed by atoms with van der Waals surface area (Å²) < 4.78 is 36.0. The normalized spacial score (nSPS) is 27.4. The molecule has 1 rings (SSSR count). The van der Waals surface area contributed by atoms with Crippen molar-refractivity contribution in [3.8, 4) is 0 Å². The molecule has 0 spiro atoms. The van der Waals surface area contributed by atoms with Crippen LogP contribution in [0.4, 0.5) is 13.2 Å². The molecule has 0 aliphatic heterocycles. The van der Waals surface area contributed by atoms with Gasteiger partial charge in [-0.05, 0) is 32.9 Å². The Bertz CT molecular complexity index is 208. The average Bonchev–Trinajstić information content (AvgIpc) is 2.16. The zero-order valence-electron chi connectivity index (χ0n) is 9.56. The van der Waals surface area contributed by atoms with Gasteiger partial charge in [0.25, 0.3) is 0 Å². The van der Waals surface area contributed by atoms with E-state index in [2.05, 4.69) is 20.8 Å². The predicted octanol–water partition coefficient (Wildman–Crippen LogP) is 3.97. The summed E-state index contributed by atoms with van der Waals surface area (Å²) in [5, 5.41) is 0. The van der Waals surface area contributed by atoms with E-state index in [-0.39, 0.29) is 6.42 Å². The number of halogens is 4. The molecule has 0 amide bonds. The van der Waals surface area contributed by atoms with Crippen LogP contribution >= 0.6 is 15.9 Å². The van der Waals surface area contributed by atoms with E-state index >= 15 is 0 Å². The highest BCUT2D eigenvalue weighted by Gasteiger charge is 2.29. The van der Waals surface area contributed by atoms with E-state index in [0.717, 1.165) is 12.8 Å². The van der Waals surface area contributed by atoms with Crippen molar-refractivity contribution in [2.45, 2.75) is 55.6 Å². The fourth-order valence-corrected chi connectivity index (χ4v) is 3.25. The lowest BCUT2D eigenvalue weighted by Gasteiger charge is -2.35. The minimum Gasteiger partial charge on any atom is -0.302 e. The first kappa shape index (κ1) is 14.3.